The first kappa shape index (κ1) is 24.4. The van der Waals surface area contributed by atoms with Crippen molar-refractivity contribution in [3.05, 3.63) is 33.2 Å². The molecular weight excluding hydrogens is 494 g/mol. The van der Waals surface area contributed by atoms with Crippen LogP contribution in [-0.2, 0) is 23.9 Å². The van der Waals surface area contributed by atoms with E-state index >= 15 is 0 Å². The molecule has 0 atom stereocenters. The molecule has 0 unspecified atom stereocenters. The highest BCUT2D eigenvalue weighted by Gasteiger charge is 2.25. The second-order valence-electron chi connectivity index (χ2n) is 5.58. The van der Waals surface area contributed by atoms with E-state index in [0.29, 0.717) is 28.1 Å². The lowest BCUT2D eigenvalue weighted by atomic mass is 10.2. The van der Waals surface area contributed by atoms with E-state index in [9.17, 15) is 14.4 Å². The van der Waals surface area contributed by atoms with Gasteiger partial charge in [-0.3, -0.25) is 10.1 Å². The number of thioether (sulfide) groups is 1. The summed E-state index contributed by atoms with van der Waals surface area (Å²) in [5, 5.41) is 10.6. The Balaban J connectivity index is 2.14. The molecule has 0 saturated carbocycles. The molecule has 0 radical (unpaired) electrons. The van der Waals surface area contributed by atoms with Crippen LogP contribution in [-0.4, -0.2) is 56.2 Å². The second kappa shape index (κ2) is 12.1. The second-order valence-corrected chi connectivity index (χ2v) is 7.47. The molecule has 0 aliphatic carbocycles. The fraction of sp³-hybridized carbons (Fsp3) is 0.316. The van der Waals surface area contributed by atoms with E-state index in [1.165, 1.54) is 13.3 Å². The van der Waals surface area contributed by atoms with E-state index < -0.39 is 17.8 Å². The number of ether oxygens (including phenoxy) is 4. The molecule has 2 rings (SSSR count). The first-order valence-electron chi connectivity index (χ1n) is 9.02. The predicted octanol–water partition coefficient (Wildman–Crippen LogP) is 2.40. The Morgan fingerprint density at radius 1 is 1.19 bits per heavy atom. The number of esters is 2. The molecule has 31 heavy (non-hydrogen) atoms. The Hall–Kier alpha value is -2.86. The van der Waals surface area contributed by atoms with Gasteiger partial charge in [0.2, 0.25) is 0 Å². The van der Waals surface area contributed by atoms with E-state index in [1.54, 1.807) is 19.1 Å². The normalized spacial score (nSPS) is 15.9. The standard InChI is InChI=1S/C19H20BrN3O7S/c1-4-28-13-6-11(12(20)7-14(13)30-10-17(25)29-5-2)9-21-23-19-22-18(26)15(31-19)8-16(24)27-3/h6-9H,4-5,10H2,1-3H3,(H,22,23,26)/b15-8+,21-9?. The molecule has 1 aliphatic rings. The van der Waals surface area contributed by atoms with Gasteiger partial charge < -0.3 is 18.9 Å². The van der Waals surface area contributed by atoms with Crippen LogP contribution < -0.4 is 14.8 Å². The van der Waals surface area contributed by atoms with Crippen LogP contribution in [0.15, 0.2) is 37.8 Å². The van der Waals surface area contributed by atoms with Gasteiger partial charge in [-0.15, -0.1) is 5.10 Å². The number of benzene rings is 1. The van der Waals surface area contributed by atoms with Gasteiger partial charge in [0.05, 0.1) is 31.4 Å². The molecule has 166 valence electrons. The lowest BCUT2D eigenvalue weighted by Crippen LogP contribution is -2.19. The Morgan fingerprint density at radius 3 is 2.61 bits per heavy atom. The SMILES string of the molecule is CCOC(=O)COc1cc(Br)c(C=N/N=C2/NC(=O)/C(=C\C(=O)OC)S2)cc1OCC. The van der Waals surface area contributed by atoms with Crippen LogP contribution in [0.1, 0.15) is 19.4 Å². The van der Waals surface area contributed by atoms with Crippen molar-refractivity contribution in [2.24, 2.45) is 10.2 Å². The maximum absolute atomic E-state index is 11.8. The molecule has 10 nitrogen and oxygen atoms in total. The zero-order valence-electron chi connectivity index (χ0n) is 17.0. The summed E-state index contributed by atoms with van der Waals surface area (Å²) in [5.41, 5.74) is 0.621. The average molecular weight is 514 g/mol. The molecule has 1 aromatic carbocycles. The molecule has 0 aromatic heterocycles. The lowest BCUT2D eigenvalue weighted by Gasteiger charge is -2.13. The Kier molecular flexibility index (Phi) is 9.53. The molecule has 1 aliphatic heterocycles. The van der Waals surface area contributed by atoms with E-state index in [4.69, 9.17) is 14.2 Å². The number of hydrogen-bond donors (Lipinski definition) is 1. The van der Waals surface area contributed by atoms with E-state index in [0.717, 1.165) is 17.8 Å². The smallest absolute Gasteiger partial charge is 0.344 e. The monoisotopic (exact) mass is 513 g/mol. The quantitative estimate of drug-likeness (QED) is 0.231. The third-order valence-electron chi connectivity index (χ3n) is 3.46. The first-order chi connectivity index (χ1) is 14.9. The van der Waals surface area contributed by atoms with Gasteiger partial charge in [0, 0.05) is 16.1 Å². The summed E-state index contributed by atoms with van der Waals surface area (Å²) in [5.74, 6) is -0.816. The topological polar surface area (TPSA) is 125 Å². The highest BCUT2D eigenvalue weighted by molar-refractivity contribution is 9.10. The van der Waals surface area contributed by atoms with Crippen molar-refractivity contribution < 1.29 is 33.3 Å². The van der Waals surface area contributed by atoms with Crippen molar-refractivity contribution in [3.63, 3.8) is 0 Å². The van der Waals surface area contributed by atoms with Gasteiger partial charge in [-0.05, 0) is 53.7 Å². The molecule has 1 N–H and O–H groups in total. The number of carbonyl (C=O) groups excluding carboxylic acids is 3. The molecule has 1 heterocycles. The van der Waals surface area contributed by atoms with Gasteiger partial charge in [0.1, 0.15) is 0 Å². The Morgan fingerprint density at radius 2 is 1.94 bits per heavy atom. The number of nitrogens with one attached hydrogen (secondary N) is 1. The van der Waals surface area contributed by atoms with Crippen molar-refractivity contribution in [1.82, 2.24) is 5.32 Å². The van der Waals surface area contributed by atoms with Crippen LogP contribution >= 0.6 is 27.7 Å². The maximum Gasteiger partial charge on any atom is 0.344 e. The first-order valence-corrected chi connectivity index (χ1v) is 10.6. The van der Waals surface area contributed by atoms with E-state index in [-0.39, 0.29) is 23.3 Å². The summed E-state index contributed by atoms with van der Waals surface area (Å²) in [6.45, 7) is 3.93. The zero-order valence-corrected chi connectivity index (χ0v) is 19.4. The average Bonchev–Trinajstić information content (AvgIpc) is 3.08. The van der Waals surface area contributed by atoms with Crippen molar-refractivity contribution in [2.45, 2.75) is 13.8 Å². The largest absolute Gasteiger partial charge is 0.490 e. The Bertz CT molecular complexity index is 947. The van der Waals surface area contributed by atoms with E-state index in [2.05, 4.69) is 36.2 Å². The van der Waals surface area contributed by atoms with Gasteiger partial charge in [-0.1, -0.05) is 0 Å². The van der Waals surface area contributed by atoms with Crippen LogP contribution in [0.3, 0.4) is 0 Å². The summed E-state index contributed by atoms with van der Waals surface area (Å²) in [4.78, 5) is 34.8. The highest BCUT2D eigenvalue weighted by atomic mass is 79.9. The van der Waals surface area contributed by atoms with Crippen LogP contribution in [0.25, 0.3) is 0 Å². The minimum atomic E-state index is -0.639. The summed E-state index contributed by atoms with van der Waals surface area (Å²) < 4.78 is 21.0. The molecule has 0 bridgehead atoms. The van der Waals surface area contributed by atoms with Gasteiger partial charge in [-0.2, -0.15) is 5.10 Å². The molecule has 0 spiro atoms. The van der Waals surface area contributed by atoms with Gasteiger partial charge >= 0.3 is 11.9 Å². The Labute approximate surface area is 191 Å². The third-order valence-corrected chi connectivity index (χ3v) is 5.05. The predicted molar refractivity (Wildman–Crippen MR) is 118 cm³/mol. The van der Waals surface area contributed by atoms with Crippen molar-refractivity contribution in [2.75, 3.05) is 26.9 Å². The number of amides is 1. The van der Waals surface area contributed by atoms with Crippen LogP contribution in [0.2, 0.25) is 0 Å². The van der Waals surface area contributed by atoms with Crippen molar-refractivity contribution in [1.29, 1.82) is 0 Å². The number of methoxy groups -OCH3 is 1. The number of amidine groups is 1. The number of nitrogens with zero attached hydrogens (tertiary/aromatic N) is 2. The minimum Gasteiger partial charge on any atom is -0.490 e. The number of carbonyl (C=O) groups is 3. The molecule has 1 saturated heterocycles. The fourth-order valence-electron chi connectivity index (χ4n) is 2.15. The van der Waals surface area contributed by atoms with Crippen molar-refractivity contribution >= 4 is 56.9 Å². The van der Waals surface area contributed by atoms with Crippen LogP contribution in [0.4, 0.5) is 0 Å². The summed E-state index contributed by atoms with van der Waals surface area (Å²) in [6.07, 6.45) is 2.52. The third kappa shape index (κ3) is 7.40. The number of hydrogen-bond acceptors (Lipinski definition) is 10. The van der Waals surface area contributed by atoms with Gasteiger partial charge in [0.25, 0.3) is 5.91 Å². The summed E-state index contributed by atoms with van der Waals surface area (Å²) in [7, 11) is 1.22. The zero-order chi connectivity index (χ0) is 22.8. The lowest BCUT2D eigenvalue weighted by molar-refractivity contribution is -0.145. The molecular formula is C19H20BrN3O7S. The number of rotatable bonds is 9. The highest BCUT2D eigenvalue weighted by Crippen LogP contribution is 2.33. The summed E-state index contributed by atoms with van der Waals surface area (Å²) in [6, 6.07) is 3.31. The number of halogens is 1. The fourth-order valence-corrected chi connectivity index (χ4v) is 3.32. The van der Waals surface area contributed by atoms with Gasteiger partial charge in [-0.25, -0.2) is 9.59 Å². The van der Waals surface area contributed by atoms with Crippen LogP contribution in [0, 0.1) is 0 Å². The molecule has 1 fully saturated rings. The molecule has 1 aromatic rings. The maximum atomic E-state index is 11.8. The van der Waals surface area contributed by atoms with Crippen LogP contribution in [0.5, 0.6) is 11.5 Å². The summed E-state index contributed by atoms with van der Waals surface area (Å²) >= 11 is 4.38. The van der Waals surface area contributed by atoms with Crippen molar-refractivity contribution in [3.8, 4) is 11.5 Å². The molecule has 1 amide bonds. The molecule has 12 heteroatoms. The minimum absolute atomic E-state index is 0.156. The van der Waals surface area contributed by atoms with E-state index in [1.807, 2.05) is 6.92 Å². The van der Waals surface area contributed by atoms with Gasteiger partial charge in [0.15, 0.2) is 23.3 Å².